The number of allylic oxidation sites excluding steroid dienone is 2. The number of rotatable bonds is 6. The van der Waals surface area contributed by atoms with Gasteiger partial charge in [0.25, 0.3) is 0 Å². The average Bonchev–Trinajstić information content (AvgIpc) is 3.40. The summed E-state index contributed by atoms with van der Waals surface area (Å²) in [5.41, 5.74) is 5.93. The molecule has 0 spiro atoms. The molecule has 2 unspecified atom stereocenters. The zero-order chi connectivity index (χ0) is 27.1. The van der Waals surface area contributed by atoms with Crippen LogP contribution < -0.4 is 5.32 Å². The number of nitrogens with zero attached hydrogens (tertiary/aromatic N) is 3. The molecule has 2 aromatic carbocycles. The van der Waals surface area contributed by atoms with Crippen LogP contribution >= 0.6 is 11.6 Å². The van der Waals surface area contributed by atoms with Crippen molar-refractivity contribution in [2.24, 2.45) is 5.92 Å². The molecule has 3 aromatic heterocycles. The van der Waals surface area contributed by atoms with Crippen molar-refractivity contribution < 1.29 is 9.52 Å². The number of pyridine rings is 2. The number of halogens is 1. The van der Waals surface area contributed by atoms with Crippen molar-refractivity contribution in [2.75, 3.05) is 5.32 Å². The Morgan fingerprint density at radius 2 is 1.97 bits per heavy atom. The summed E-state index contributed by atoms with van der Waals surface area (Å²) < 4.78 is 6.43. The van der Waals surface area contributed by atoms with Crippen molar-refractivity contribution >= 4 is 51.1 Å². The van der Waals surface area contributed by atoms with Crippen molar-refractivity contribution in [2.45, 2.75) is 26.0 Å². The number of aliphatic hydroxyl groups excluding tert-OH is 1. The molecule has 1 aliphatic carbocycles. The summed E-state index contributed by atoms with van der Waals surface area (Å²) in [5, 5.41) is 14.8. The summed E-state index contributed by atoms with van der Waals surface area (Å²) >= 11 is 6.57. The number of aliphatic hydroxyl groups is 1. The molecule has 3 heterocycles. The van der Waals surface area contributed by atoms with E-state index in [2.05, 4.69) is 55.0 Å². The number of nitrogens with one attached hydrogen (secondary N) is 1. The number of aromatic nitrogens is 3. The maximum atomic E-state index is 9.72. The second kappa shape index (κ2) is 9.80. The lowest BCUT2D eigenvalue weighted by atomic mass is 9.73. The predicted molar refractivity (Wildman–Crippen MR) is 157 cm³/mol. The number of oxazole rings is 1. The van der Waals surface area contributed by atoms with Crippen LogP contribution in [0.25, 0.3) is 33.7 Å². The lowest BCUT2D eigenvalue weighted by Gasteiger charge is -2.39. The first kappa shape index (κ1) is 25.0. The second-order valence-electron chi connectivity index (χ2n) is 9.77. The van der Waals surface area contributed by atoms with Crippen LogP contribution in [0.3, 0.4) is 0 Å². The quantitative estimate of drug-likeness (QED) is 0.235. The molecular weight excluding hydrogens is 508 g/mol. The van der Waals surface area contributed by atoms with Gasteiger partial charge in [0.15, 0.2) is 11.4 Å². The number of anilines is 1. The van der Waals surface area contributed by atoms with E-state index in [1.54, 1.807) is 24.5 Å². The van der Waals surface area contributed by atoms with E-state index in [1.807, 2.05) is 36.4 Å². The van der Waals surface area contributed by atoms with Crippen molar-refractivity contribution in [1.29, 1.82) is 0 Å². The fraction of sp³-hybridized carbons (Fsp3) is 0.156. The highest BCUT2D eigenvalue weighted by molar-refractivity contribution is 6.34. The van der Waals surface area contributed by atoms with Crippen molar-refractivity contribution in [1.82, 2.24) is 15.0 Å². The Balaban J connectivity index is 1.58. The normalized spacial score (nSPS) is 18.9. The van der Waals surface area contributed by atoms with Gasteiger partial charge < -0.3 is 14.8 Å². The van der Waals surface area contributed by atoms with Crippen LogP contribution in [0, 0.1) is 12.8 Å². The number of hydrogen-bond donors (Lipinski definition) is 2. The third kappa shape index (κ3) is 4.13. The molecule has 7 heteroatoms. The standard InChI is InChI=1S/C32H27ClN4O2/c1-4-22-11-14-34-28-25(22)12-15-35-30(28)37-32(31-36-27-17-21(18-38)16-26(33)29(27)39-31)13-7-10-24(20(32)3)23-9-6-5-8-19(23)2/h4-17,20,38H,1,18H2,2-3H3,(H,35,37). The van der Waals surface area contributed by atoms with E-state index in [-0.39, 0.29) is 12.5 Å². The van der Waals surface area contributed by atoms with Crippen LogP contribution in [0.5, 0.6) is 0 Å². The highest BCUT2D eigenvalue weighted by atomic mass is 35.5. The molecule has 0 radical (unpaired) electrons. The molecule has 5 aromatic rings. The molecule has 1 aliphatic rings. The molecular formula is C32H27ClN4O2. The van der Waals surface area contributed by atoms with Gasteiger partial charge in [-0.2, -0.15) is 0 Å². The summed E-state index contributed by atoms with van der Waals surface area (Å²) in [5.74, 6) is 0.909. The van der Waals surface area contributed by atoms with E-state index in [1.165, 1.54) is 5.56 Å². The van der Waals surface area contributed by atoms with Crippen LogP contribution in [0.1, 0.15) is 35.1 Å². The van der Waals surface area contributed by atoms with Crippen LogP contribution in [0.15, 0.2) is 90.1 Å². The minimum atomic E-state index is -0.929. The van der Waals surface area contributed by atoms with E-state index < -0.39 is 5.54 Å². The van der Waals surface area contributed by atoms with Gasteiger partial charge in [0.05, 0.1) is 11.6 Å². The van der Waals surface area contributed by atoms with Crippen LogP contribution in [0.4, 0.5) is 5.82 Å². The van der Waals surface area contributed by atoms with Crippen LogP contribution in [-0.4, -0.2) is 20.1 Å². The topological polar surface area (TPSA) is 84.1 Å². The zero-order valence-electron chi connectivity index (χ0n) is 21.6. The summed E-state index contributed by atoms with van der Waals surface area (Å²) in [6, 6.07) is 15.7. The molecule has 194 valence electrons. The molecule has 0 amide bonds. The monoisotopic (exact) mass is 534 g/mol. The Hall–Kier alpha value is -4.26. The van der Waals surface area contributed by atoms with Gasteiger partial charge in [0.1, 0.15) is 16.6 Å². The Labute approximate surface area is 231 Å². The van der Waals surface area contributed by atoms with Crippen LogP contribution in [-0.2, 0) is 12.1 Å². The molecule has 0 bridgehead atoms. The number of aryl methyl sites for hydroxylation is 1. The van der Waals surface area contributed by atoms with Gasteiger partial charge in [-0.3, -0.25) is 4.98 Å². The SMILES string of the molecule is C=Cc1ccnc2c(NC3(c4nc5cc(CO)cc(Cl)c5o4)C=CC=C(c4ccccc4C)C3C)nccc12. The van der Waals surface area contributed by atoms with Gasteiger partial charge in [-0.25, -0.2) is 9.97 Å². The first-order valence-electron chi connectivity index (χ1n) is 12.7. The van der Waals surface area contributed by atoms with Gasteiger partial charge in [-0.1, -0.05) is 67.6 Å². The largest absolute Gasteiger partial charge is 0.436 e. The van der Waals surface area contributed by atoms with Crippen molar-refractivity contribution in [3.8, 4) is 0 Å². The minimum absolute atomic E-state index is 0.132. The third-order valence-electron chi connectivity index (χ3n) is 7.52. The zero-order valence-corrected chi connectivity index (χ0v) is 22.4. The van der Waals surface area contributed by atoms with Crippen LogP contribution in [0.2, 0.25) is 5.02 Å². The van der Waals surface area contributed by atoms with Gasteiger partial charge in [-0.15, -0.1) is 0 Å². The smallest absolute Gasteiger partial charge is 0.226 e. The van der Waals surface area contributed by atoms with E-state index >= 15 is 0 Å². The fourth-order valence-electron chi connectivity index (χ4n) is 5.40. The molecule has 0 aliphatic heterocycles. The molecule has 2 N–H and O–H groups in total. The first-order chi connectivity index (χ1) is 18.9. The molecule has 2 atom stereocenters. The summed E-state index contributed by atoms with van der Waals surface area (Å²) in [4.78, 5) is 14.3. The molecule has 39 heavy (non-hydrogen) atoms. The van der Waals surface area contributed by atoms with Gasteiger partial charge in [0.2, 0.25) is 5.89 Å². The molecule has 0 saturated heterocycles. The molecule has 0 saturated carbocycles. The molecule has 6 nitrogen and oxygen atoms in total. The van der Waals surface area contributed by atoms with E-state index in [0.717, 1.165) is 27.6 Å². The van der Waals surface area contributed by atoms with E-state index in [0.29, 0.717) is 33.4 Å². The average molecular weight is 535 g/mol. The van der Waals surface area contributed by atoms with Gasteiger partial charge in [-0.05, 0) is 65.1 Å². The maximum absolute atomic E-state index is 9.72. The van der Waals surface area contributed by atoms with Gasteiger partial charge >= 0.3 is 0 Å². The second-order valence-corrected chi connectivity index (χ2v) is 10.2. The Bertz CT molecular complexity index is 1810. The number of benzene rings is 2. The summed E-state index contributed by atoms with van der Waals surface area (Å²) in [6.45, 7) is 8.07. The lowest BCUT2D eigenvalue weighted by molar-refractivity contribution is 0.282. The lowest BCUT2D eigenvalue weighted by Crippen LogP contribution is -2.42. The van der Waals surface area contributed by atoms with E-state index in [9.17, 15) is 5.11 Å². The van der Waals surface area contributed by atoms with E-state index in [4.69, 9.17) is 26.0 Å². The summed E-state index contributed by atoms with van der Waals surface area (Å²) in [6.07, 6.45) is 11.6. The number of hydrogen-bond acceptors (Lipinski definition) is 6. The Morgan fingerprint density at radius 1 is 1.15 bits per heavy atom. The Kier molecular flexibility index (Phi) is 6.29. The number of fused-ring (bicyclic) bond motifs is 2. The molecule has 0 fully saturated rings. The van der Waals surface area contributed by atoms with Crippen molar-refractivity contribution in [3.63, 3.8) is 0 Å². The first-order valence-corrected chi connectivity index (χ1v) is 13.1. The van der Waals surface area contributed by atoms with Crippen molar-refractivity contribution in [3.05, 3.63) is 119 Å². The predicted octanol–water partition coefficient (Wildman–Crippen LogP) is 7.47. The maximum Gasteiger partial charge on any atom is 0.226 e. The minimum Gasteiger partial charge on any atom is -0.436 e. The highest BCUT2D eigenvalue weighted by Gasteiger charge is 2.45. The van der Waals surface area contributed by atoms with Gasteiger partial charge in [0, 0.05) is 23.7 Å². The Morgan fingerprint density at radius 3 is 2.77 bits per heavy atom. The fourth-order valence-corrected chi connectivity index (χ4v) is 5.67. The third-order valence-corrected chi connectivity index (χ3v) is 7.80. The highest BCUT2D eigenvalue weighted by Crippen LogP contribution is 2.46. The molecule has 6 rings (SSSR count). The summed E-state index contributed by atoms with van der Waals surface area (Å²) in [7, 11) is 0.